The van der Waals surface area contributed by atoms with Gasteiger partial charge in [-0.2, -0.15) is 0 Å². The summed E-state index contributed by atoms with van der Waals surface area (Å²) in [5.74, 6) is -1.87. The number of hydrogen-bond acceptors (Lipinski definition) is 4. The van der Waals surface area contributed by atoms with Crippen LogP contribution < -0.4 is 4.90 Å². The molecule has 1 saturated heterocycles. The van der Waals surface area contributed by atoms with Crippen LogP contribution in [0.15, 0.2) is 72.8 Å². The van der Waals surface area contributed by atoms with E-state index in [0.29, 0.717) is 11.3 Å². The van der Waals surface area contributed by atoms with Gasteiger partial charge < -0.3 is 4.74 Å². The number of hydrogen-bond donors (Lipinski definition) is 0. The second-order valence-corrected chi connectivity index (χ2v) is 8.32. The molecule has 1 fully saturated rings. The third-order valence-corrected chi connectivity index (χ3v) is 7.00. The van der Waals surface area contributed by atoms with Crippen LogP contribution >= 0.6 is 0 Å². The van der Waals surface area contributed by atoms with E-state index in [4.69, 9.17) is 4.74 Å². The highest BCUT2D eigenvalue weighted by Gasteiger charge is 2.61. The molecule has 0 unspecified atom stereocenters. The van der Waals surface area contributed by atoms with Crippen molar-refractivity contribution in [2.75, 3.05) is 12.0 Å². The van der Waals surface area contributed by atoms with E-state index >= 15 is 0 Å². The van der Waals surface area contributed by atoms with E-state index in [1.807, 2.05) is 24.3 Å². The van der Waals surface area contributed by atoms with E-state index in [0.717, 1.165) is 22.3 Å². The van der Waals surface area contributed by atoms with Gasteiger partial charge in [0.05, 0.1) is 30.2 Å². The van der Waals surface area contributed by atoms with Crippen LogP contribution in [0.2, 0.25) is 0 Å². The van der Waals surface area contributed by atoms with E-state index in [1.165, 1.54) is 12.0 Å². The van der Waals surface area contributed by atoms with E-state index in [9.17, 15) is 14.4 Å². The summed E-state index contributed by atoms with van der Waals surface area (Å²) >= 11 is 0. The molecule has 2 amide bonds. The molecule has 3 aliphatic carbocycles. The normalized spacial score (nSPS) is 25.1. The molecule has 1 aliphatic heterocycles. The summed E-state index contributed by atoms with van der Waals surface area (Å²) in [5, 5.41) is 0. The maximum absolute atomic E-state index is 13.6. The molecular weight excluding hydrogens is 390 g/mol. The van der Waals surface area contributed by atoms with Crippen LogP contribution in [0.1, 0.15) is 44.4 Å². The molecule has 31 heavy (non-hydrogen) atoms. The Morgan fingerprint density at radius 3 is 1.52 bits per heavy atom. The Balaban J connectivity index is 1.48. The standard InChI is InChI=1S/C26H19NO4/c1-31-26(30)14-10-12-15(13-11-14)27-24(28)22-20-16-6-2-3-7-17(16)21(23(22)25(27)29)19-9-5-4-8-18(19)20/h2-13,20-23H,1H3/t20?,21?,22-,23-/m1/s1. The number of carbonyl (C=O) groups is 3. The first-order chi connectivity index (χ1) is 15.1. The number of carbonyl (C=O) groups excluding carboxylic acids is 3. The molecule has 2 bridgehead atoms. The van der Waals surface area contributed by atoms with E-state index in [2.05, 4.69) is 24.3 Å². The zero-order valence-electron chi connectivity index (χ0n) is 16.8. The van der Waals surface area contributed by atoms with Gasteiger partial charge in [0.25, 0.3) is 0 Å². The minimum atomic E-state index is -0.455. The van der Waals surface area contributed by atoms with Crippen molar-refractivity contribution < 1.29 is 19.1 Å². The number of methoxy groups -OCH3 is 1. The van der Waals surface area contributed by atoms with E-state index < -0.39 is 17.8 Å². The lowest BCUT2D eigenvalue weighted by Crippen LogP contribution is -2.41. The van der Waals surface area contributed by atoms with Gasteiger partial charge in [0.2, 0.25) is 11.8 Å². The third-order valence-electron chi connectivity index (χ3n) is 7.00. The number of benzene rings is 3. The Hall–Kier alpha value is -3.73. The monoisotopic (exact) mass is 409 g/mol. The zero-order chi connectivity index (χ0) is 21.3. The minimum absolute atomic E-state index is 0.127. The summed E-state index contributed by atoms with van der Waals surface area (Å²) in [6.45, 7) is 0. The predicted octanol–water partition coefficient (Wildman–Crippen LogP) is 3.87. The molecule has 0 radical (unpaired) electrons. The zero-order valence-corrected chi connectivity index (χ0v) is 16.8. The number of anilines is 1. The molecule has 3 aromatic carbocycles. The average molecular weight is 409 g/mol. The predicted molar refractivity (Wildman–Crippen MR) is 114 cm³/mol. The van der Waals surface area contributed by atoms with Crippen molar-refractivity contribution in [2.24, 2.45) is 11.8 Å². The van der Waals surface area contributed by atoms with Crippen molar-refractivity contribution >= 4 is 23.5 Å². The molecule has 5 nitrogen and oxygen atoms in total. The Labute approximate surface area is 179 Å². The van der Waals surface area contributed by atoms with Gasteiger partial charge in [0, 0.05) is 11.8 Å². The minimum Gasteiger partial charge on any atom is -0.465 e. The maximum Gasteiger partial charge on any atom is 0.337 e. The van der Waals surface area contributed by atoms with Crippen molar-refractivity contribution in [3.63, 3.8) is 0 Å². The Kier molecular flexibility index (Phi) is 3.72. The number of imide groups is 1. The van der Waals surface area contributed by atoms with Crippen LogP contribution in [0.4, 0.5) is 5.69 Å². The summed E-state index contributed by atoms with van der Waals surface area (Å²) in [7, 11) is 1.32. The summed E-state index contributed by atoms with van der Waals surface area (Å²) in [6, 6.07) is 22.8. The second-order valence-electron chi connectivity index (χ2n) is 8.32. The lowest BCUT2D eigenvalue weighted by atomic mass is 9.55. The van der Waals surface area contributed by atoms with E-state index in [1.54, 1.807) is 24.3 Å². The van der Waals surface area contributed by atoms with Gasteiger partial charge in [-0.1, -0.05) is 48.5 Å². The molecule has 0 spiro atoms. The van der Waals surface area contributed by atoms with Gasteiger partial charge in [-0.25, -0.2) is 9.69 Å². The number of amides is 2. The first-order valence-corrected chi connectivity index (χ1v) is 10.4. The fraction of sp³-hybridized carbons (Fsp3) is 0.192. The maximum atomic E-state index is 13.6. The highest BCUT2D eigenvalue weighted by atomic mass is 16.5. The van der Waals surface area contributed by atoms with Crippen molar-refractivity contribution in [3.05, 3.63) is 101 Å². The van der Waals surface area contributed by atoms with Crippen LogP contribution in [-0.4, -0.2) is 24.9 Å². The molecule has 4 aliphatic rings. The van der Waals surface area contributed by atoms with Crippen LogP contribution in [0.5, 0.6) is 0 Å². The van der Waals surface area contributed by atoms with Gasteiger partial charge >= 0.3 is 5.97 Å². The lowest BCUT2D eigenvalue weighted by Gasteiger charge is -2.45. The van der Waals surface area contributed by atoms with Gasteiger partial charge in [-0.15, -0.1) is 0 Å². The van der Waals surface area contributed by atoms with Crippen molar-refractivity contribution in [3.8, 4) is 0 Å². The Bertz CT molecular complexity index is 1150. The topological polar surface area (TPSA) is 63.7 Å². The quantitative estimate of drug-likeness (QED) is 0.476. The first-order valence-electron chi connectivity index (χ1n) is 10.4. The molecule has 0 saturated carbocycles. The smallest absolute Gasteiger partial charge is 0.337 e. The third kappa shape index (κ3) is 2.29. The lowest BCUT2D eigenvalue weighted by molar-refractivity contribution is -0.122. The molecule has 2 atom stereocenters. The van der Waals surface area contributed by atoms with Crippen LogP contribution in [0, 0.1) is 11.8 Å². The molecule has 0 N–H and O–H groups in total. The van der Waals surface area contributed by atoms with Crippen molar-refractivity contribution in [1.29, 1.82) is 0 Å². The number of rotatable bonds is 2. The Morgan fingerprint density at radius 2 is 1.13 bits per heavy atom. The number of esters is 1. The molecule has 7 rings (SSSR count). The summed E-state index contributed by atoms with van der Waals surface area (Å²) < 4.78 is 4.74. The van der Waals surface area contributed by atoms with Gasteiger partial charge in [0.15, 0.2) is 0 Å². The fourth-order valence-corrected chi connectivity index (χ4v) is 5.80. The fourth-order valence-electron chi connectivity index (χ4n) is 5.80. The first kappa shape index (κ1) is 18.1. The summed E-state index contributed by atoms with van der Waals surface area (Å²) in [5.41, 5.74) is 5.47. The van der Waals surface area contributed by atoms with Crippen LogP contribution in [-0.2, 0) is 14.3 Å². The SMILES string of the molecule is COC(=O)c1ccc(N2C(=O)[C@@H]3C4c5ccccc5C(c5ccccc54)[C@H]3C2=O)cc1. The van der Waals surface area contributed by atoms with Gasteiger partial charge in [-0.3, -0.25) is 9.59 Å². The van der Waals surface area contributed by atoms with Gasteiger partial charge in [-0.05, 0) is 46.5 Å². The van der Waals surface area contributed by atoms with Crippen molar-refractivity contribution in [2.45, 2.75) is 11.8 Å². The summed E-state index contributed by atoms with van der Waals surface area (Å²) in [4.78, 5) is 40.4. The molecular formula is C26H19NO4. The highest BCUT2D eigenvalue weighted by Crippen LogP contribution is 2.61. The van der Waals surface area contributed by atoms with E-state index in [-0.39, 0.29) is 23.7 Å². The molecule has 0 aromatic heterocycles. The Morgan fingerprint density at radius 1 is 0.710 bits per heavy atom. The van der Waals surface area contributed by atoms with Crippen LogP contribution in [0.25, 0.3) is 0 Å². The number of nitrogens with zero attached hydrogens (tertiary/aromatic N) is 1. The van der Waals surface area contributed by atoms with Crippen molar-refractivity contribution in [1.82, 2.24) is 0 Å². The molecule has 5 heteroatoms. The largest absolute Gasteiger partial charge is 0.465 e. The average Bonchev–Trinajstić information content (AvgIpc) is 3.09. The van der Waals surface area contributed by atoms with Gasteiger partial charge in [0.1, 0.15) is 0 Å². The second kappa shape index (κ2) is 6.38. The summed E-state index contributed by atoms with van der Waals surface area (Å²) in [6.07, 6.45) is 0. The number of ether oxygens (including phenoxy) is 1. The molecule has 3 aromatic rings. The van der Waals surface area contributed by atoms with Crippen LogP contribution in [0.3, 0.4) is 0 Å². The highest BCUT2D eigenvalue weighted by molar-refractivity contribution is 6.23. The molecule has 1 heterocycles. The molecule has 152 valence electrons.